The largest absolute Gasteiger partial charge is 0.383 e. The normalized spacial score (nSPS) is 10.5. The minimum absolute atomic E-state index is 0.298. The minimum Gasteiger partial charge on any atom is -0.383 e. The summed E-state index contributed by atoms with van der Waals surface area (Å²) < 4.78 is 0. The van der Waals surface area contributed by atoms with E-state index in [9.17, 15) is 0 Å². The Bertz CT molecular complexity index is 741. The number of pyridine rings is 1. The molecule has 0 saturated heterocycles. The van der Waals surface area contributed by atoms with Gasteiger partial charge in [0.15, 0.2) is 5.82 Å². The Morgan fingerprint density at radius 3 is 2.24 bits per heavy atom. The van der Waals surface area contributed by atoms with Gasteiger partial charge in [-0.1, -0.05) is 30.3 Å². The first-order valence-corrected chi connectivity index (χ1v) is 6.62. The second-order valence-corrected chi connectivity index (χ2v) is 4.57. The number of nitrogen functional groups attached to an aromatic ring is 1. The molecule has 2 heterocycles. The van der Waals surface area contributed by atoms with Crippen LogP contribution in [-0.2, 0) is 6.54 Å². The lowest BCUT2D eigenvalue weighted by Crippen LogP contribution is -2.09. The zero-order valence-electron chi connectivity index (χ0n) is 11.4. The van der Waals surface area contributed by atoms with E-state index in [1.807, 2.05) is 42.5 Å². The number of hydrogen-bond acceptors (Lipinski definition) is 5. The summed E-state index contributed by atoms with van der Waals surface area (Å²) in [5.41, 5.74) is 15.3. The van der Waals surface area contributed by atoms with Crippen LogP contribution in [0, 0.1) is 0 Å². The molecule has 0 fully saturated rings. The van der Waals surface area contributed by atoms with Gasteiger partial charge < -0.3 is 11.5 Å². The number of rotatable bonds is 3. The number of hydrogen-bond donors (Lipinski definition) is 2. The van der Waals surface area contributed by atoms with E-state index < -0.39 is 0 Å². The smallest absolute Gasteiger partial charge is 0.162 e. The molecule has 5 heteroatoms. The Labute approximate surface area is 122 Å². The fourth-order valence-corrected chi connectivity index (χ4v) is 2.17. The lowest BCUT2D eigenvalue weighted by Gasteiger charge is -2.12. The molecule has 0 unspecified atom stereocenters. The number of nitrogens with zero attached hydrogens (tertiary/aromatic N) is 3. The predicted molar refractivity (Wildman–Crippen MR) is 83.0 cm³/mol. The highest BCUT2D eigenvalue weighted by Crippen LogP contribution is 2.27. The topological polar surface area (TPSA) is 90.7 Å². The van der Waals surface area contributed by atoms with Crippen LogP contribution in [0.5, 0.6) is 0 Å². The van der Waals surface area contributed by atoms with Crippen molar-refractivity contribution in [2.75, 3.05) is 5.73 Å². The van der Waals surface area contributed by atoms with Crippen LogP contribution in [0.1, 0.15) is 5.56 Å². The molecule has 0 amide bonds. The first kappa shape index (κ1) is 13.2. The third-order valence-electron chi connectivity index (χ3n) is 3.23. The van der Waals surface area contributed by atoms with Gasteiger partial charge in [0.1, 0.15) is 5.82 Å². The van der Waals surface area contributed by atoms with Crippen LogP contribution in [-0.4, -0.2) is 15.0 Å². The van der Waals surface area contributed by atoms with Gasteiger partial charge in [0.2, 0.25) is 0 Å². The van der Waals surface area contributed by atoms with Gasteiger partial charge in [-0.25, -0.2) is 9.97 Å². The van der Waals surface area contributed by atoms with Crippen molar-refractivity contribution in [3.05, 3.63) is 60.4 Å². The third kappa shape index (κ3) is 2.59. The van der Waals surface area contributed by atoms with E-state index in [0.717, 1.165) is 22.4 Å². The van der Waals surface area contributed by atoms with Gasteiger partial charge in [-0.2, -0.15) is 0 Å². The van der Waals surface area contributed by atoms with E-state index in [0.29, 0.717) is 18.2 Å². The summed E-state index contributed by atoms with van der Waals surface area (Å²) in [5, 5.41) is 0. The number of anilines is 1. The average Bonchev–Trinajstić information content (AvgIpc) is 2.55. The van der Waals surface area contributed by atoms with E-state index in [4.69, 9.17) is 11.5 Å². The highest BCUT2D eigenvalue weighted by atomic mass is 15.0. The lowest BCUT2D eigenvalue weighted by molar-refractivity contribution is 1.03. The van der Waals surface area contributed by atoms with E-state index in [1.54, 1.807) is 12.4 Å². The SMILES string of the molecule is NCc1c(N)nc(-c2ccncc2)nc1-c1ccccc1. The second-order valence-electron chi connectivity index (χ2n) is 4.57. The van der Waals surface area contributed by atoms with E-state index in [2.05, 4.69) is 15.0 Å². The molecule has 0 saturated carbocycles. The van der Waals surface area contributed by atoms with Gasteiger partial charge in [-0.3, -0.25) is 4.98 Å². The Hall–Kier alpha value is -2.79. The fourth-order valence-electron chi connectivity index (χ4n) is 2.17. The van der Waals surface area contributed by atoms with Crippen LogP contribution in [0.4, 0.5) is 5.82 Å². The lowest BCUT2D eigenvalue weighted by atomic mass is 10.1. The summed E-state index contributed by atoms with van der Waals surface area (Å²) in [6.45, 7) is 0.298. The van der Waals surface area contributed by atoms with Crippen molar-refractivity contribution in [1.29, 1.82) is 0 Å². The Morgan fingerprint density at radius 1 is 0.857 bits per heavy atom. The highest BCUT2D eigenvalue weighted by Gasteiger charge is 2.13. The predicted octanol–water partition coefficient (Wildman–Crippen LogP) is 2.25. The molecule has 0 spiro atoms. The molecule has 5 nitrogen and oxygen atoms in total. The number of aromatic nitrogens is 3. The average molecular weight is 277 g/mol. The maximum Gasteiger partial charge on any atom is 0.162 e. The Morgan fingerprint density at radius 2 is 1.57 bits per heavy atom. The Balaban J connectivity index is 2.21. The standard InChI is InChI=1S/C16H15N5/c17-10-13-14(11-4-2-1-3-5-11)20-16(21-15(13)18)12-6-8-19-9-7-12/h1-9H,10,17H2,(H2,18,20,21). The second kappa shape index (κ2) is 5.68. The van der Waals surface area contributed by atoms with Gasteiger partial charge in [-0.15, -0.1) is 0 Å². The number of nitrogens with two attached hydrogens (primary N) is 2. The molecule has 3 rings (SSSR count). The maximum atomic E-state index is 6.06. The zero-order chi connectivity index (χ0) is 14.7. The molecule has 0 aliphatic rings. The van der Waals surface area contributed by atoms with Crippen LogP contribution in [0.25, 0.3) is 22.6 Å². The van der Waals surface area contributed by atoms with Crippen molar-refractivity contribution < 1.29 is 0 Å². The van der Waals surface area contributed by atoms with Crippen molar-refractivity contribution in [1.82, 2.24) is 15.0 Å². The molecular weight excluding hydrogens is 262 g/mol. The molecule has 0 atom stereocenters. The van der Waals surface area contributed by atoms with Crippen molar-refractivity contribution in [2.24, 2.45) is 5.73 Å². The summed E-state index contributed by atoms with van der Waals surface area (Å²) in [6, 6.07) is 13.5. The van der Waals surface area contributed by atoms with Crippen LogP contribution < -0.4 is 11.5 Å². The molecule has 4 N–H and O–H groups in total. The summed E-state index contributed by atoms with van der Waals surface area (Å²) in [5.74, 6) is 0.990. The number of benzene rings is 1. The van der Waals surface area contributed by atoms with Crippen LogP contribution >= 0.6 is 0 Å². The quantitative estimate of drug-likeness (QED) is 0.766. The molecule has 3 aromatic rings. The van der Waals surface area contributed by atoms with Gasteiger partial charge in [0, 0.05) is 35.6 Å². The Kier molecular flexibility index (Phi) is 3.57. The summed E-state index contributed by atoms with van der Waals surface area (Å²) in [7, 11) is 0. The van der Waals surface area contributed by atoms with Crippen molar-refractivity contribution in [3.8, 4) is 22.6 Å². The molecule has 21 heavy (non-hydrogen) atoms. The van der Waals surface area contributed by atoms with Crippen molar-refractivity contribution in [2.45, 2.75) is 6.54 Å². The highest BCUT2D eigenvalue weighted by molar-refractivity contribution is 5.71. The minimum atomic E-state index is 0.298. The molecule has 0 bridgehead atoms. The molecule has 0 aliphatic carbocycles. The first-order chi connectivity index (χ1) is 10.3. The van der Waals surface area contributed by atoms with Gasteiger partial charge in [0.05, 0.1) is 5.69 Å². The molecule has 0 aliphatic heterocycles. The summed E-state index contributed by atoms with van der Waals surface area (Å²) in [6.07, 6.45) is 3.40. The van der Waals surface area contributed by atoms with Crippen LogP contribution in [0.3, 0.4) is 0 Å². The molecular formula is C16H15N5. The van der Waals surface area contributed by atoms with Gasteiger partial charge in [0.25, 0.3) is 0 Å². The van der Waals surface area contributed by atoms with E-state index in [-0.39, 0.29) is 0 Å². The summed E-state index contributed by atoms with van der Waals surface area (Å²) in [4.78, 5) is 13.0. The molecule has 104 valence electrons. The van der Waals surface area contributed by atoms with Crippen LogP contribution in [0.15, 0.2) is 54.9 Å². The van der Waals surface area contributed by atoms with Gasteiger partial charge >= 0.3 is 0 Å². The monoisotopic (exact) mass is 277 g/mol. The zero-order valence-corrected chi connectivity index (χ0v) is 11.4. The van der Waals surface area contributed by atoms with Crippen molar-refractivity contribution in [3.63, 3.8) is 0 Å². The molecule has 1 aromatic carbocycles. The third-order valence-corrected chi connectivity index (χ3v) is 3.23. The van der Waals surface area contributed by atoms with E-state index in [1.165, 1.54) is 0 Å². The first-order valence-electron chi connectivity index (χ1n) is 6.62. The molecule has 2 aromatic heterocycles. The van der Waals surface area contributed by atoms with Gasteiger partial charge in [-0.05, 0) is 12.1 Å². The molecule has 0 radical (unpaired) electrons. The van der Waals surface area contributed by atoms with Crippen molar-refractivity contribution >= 4 is 5.82 Å². The maximum absolute atomic E-state index is 6.06. The van der Waals surface area contributed by atoms with Crippen LogP contribution in [0.2, 0.25) is 0 Å². The fraction of sp³-hybridized carbons (Fsp3) is 0.0625. The van der Waals surface area contributed by atoms with E-state index >= 15 is 0 Å². The summed E-state index contributed by atoms with van der Waals surface area (Å²) >= 11 is 0.